The fourth-order valence-electron chi connectivity index (χ4n) is 2.25. The van der Waals surface area contributed by atoms with E-state index in [1.807, 2.05) is 37.3 Å². The van der Waals surface area contributed by atoms with Crippen molar-refractivity contribution in [2.24, 2.45) is 5.73 Å². The third-order valence-corrected chi connectivity index (χ3v) is 4.90. The molecule has 3 atom stereocenters. The van der Waals surface area contributed by atoms with Crippen molar-refractivity contribution in [2.45, 2.75) is 38.8 Å². The van der Waals surface area contributed by atoms with E-state index in [0.29, 0.717) is 18.1 Å². The number of hydrogen-bond acceptors (Lipinski definition) is 7. The highest BCUT2D eigenvalue weighted by molar-refractivity contribution is 7.99. The highest BCUT2D eigenvalue weighted by Crippen LogP contribution is 2.13. The lowest BCUT2D eigenvalue weighted by Gasteiger charge is -2.18. The van der Waals surface area contributed by atoms with Gasteiger partial charge in [0.05, 0.1) is 6.04 Å². The standard InChI is InChI=1S/C19H28N2O5S/c1-13(16-7-5-4-6-8-16)9-21-19(24)18(20)12-27-11-17(26-15(3)23)10-25-14(2)22/h4-8,13,17-18H,9-12,20H2,1-3H3,(H,21,24). The molecule has 0 fully saturated rings. The minimum absolute atomic E-state index is 0.0159. The van der Waals surface area contributed by atoms with Gasteiger partial charge in [0.15, 0.2) is 0 Å². The number of amides is 1. The second kappa shape index (κ2) is 12.3. The van der Waals surface area contributed by atoms with Gasteiger partial charge in [0, 0.05) is 31.9 Å². The summed E-state index contributed by atoms with van der Waals surface area (Å²) in [6.07, 6.45) is -0.565. The molecular weight excluding hydrogens is 368 g/mol. The van der Waals surface area contributed by atoms with Crippen molar-refractivity contribution in [1.82, 2.24) is 5.32 Å². The van der Waals surface area contributed by atoms with E-state index in [1.54, 1.807) is 0 Å². The van der Waals surface area contributed by atoms with Gasteiger partial charge >= 0.3 is 11.9 Å². The number of hydrogen-bond donors (Lipinski definition) is 2. The minimum atomic E-state index is -0.676. The Balaban J connectivity index is 2.34. The molecule has 0 saturated carbocycles. The predicted octanol–water partition coefficient (Wildman–Crippen LogP) is 1.46. The molecule has 0 aliphatic carbocycles. The zero-order valence-corrected chi connectivity index (χ0v) is 16.8. The van der Waals surface area contributed by atoms with Crippen LogP contribution in [-0.4, -0.2) is 54.6 Å². The van der Waals surface area contributed by atoms with Crippen LogP contribution in [0.3, 0.4) is 0 Å². The summed E-state index contributed by atoms with van der Waals surface area (Å²) in [5.74, 6) is -0.190. The van der Waals surface area contributed by atoms with Crippen LogP contribution in [-0.2, 0) is 23.9 Å². The van der Waals surface area contributed by atoms with Crippen molar-refractivity contribution in [3.8, 4) is 0 Å². The zero-order chi connectivity index (χ0) is 20.2. The number of nitrogens with two attached hydrogens (primary N) is 1. The lowest BCUT2D eigenvalue weighted by Crippen LogP contribution is -2.43. The average molecular weight is 397 g/mol. The van der Waals surface area contributed by atoms with Gasteiger partial charge in [-0.3, -0.25) is 14.4 Å². The minimum Gasteiger partial charge on any atom is -0.462 e. The van der Waals surface area contributed by atoms with E-state index in [0.717, 1.165) is 5.56 Å². The first kappa shape index (κ1) is 23.0. The van der Waals surface area contributed by atoms with Gasteiger partial charge in [-0.25, -0.2) is 0 Å². The van der Waals surface area contributed by atoms with Gasteiger partial charge in [0.25, 0.3) is 0 Å². The molecule has 1 rings (SSSR count). The number of benzene rings is 1. The van der Waals surface area contributed by atoms with Crippen molar-refractivity contribution in [3.63, 3.8) is 0 Å². The summed E-state index contributed by atoms with van der Waals surface area (Å²) in [7, 11) is 0. The third-order valence-electron chi connectivity index (χ3n) is 3.69. The maximum absolute atomic E-state index is 12.1. The number of carbonyl (C=O) groups is 3. The Labute approximate surface area is 164 Å². The van der Waals surface area contributed by atoms with Crippen LogP contribution in [0.1, 0.15) is 32.3 Å². The van der Waals surface area contributed by atoms with Gasteiger partial charge in [-0.15, -0.1) is 0 Å². The number of nitrogens with one attached hydrogen (secondary N) is 1. The molecule has 150 valence electrons. The first-order chi connectivity index (χ1) is 12.8. The van der Waals surface area contributed by atoms with Crippen molar-refractivity contribution in [2.75, 3.05) is 24.7 Å². The maximum atomic E-state index is 12.1. The Kier molecular flexibility index (Phi) is 10.5. The molecule has 0 aromatic heterocycles. The Morgan fingerprint density at radius 3 is 2.37 bits per heavy atom. The summed E-state index contributed by atoms with van der Waals surface area (Å²) in [4.78, 5) is 34.1. The van der Waals surface area contributed by atoms with Crippen LogP contribution in [0, 0.1) is 0 Å². The van der Waals surface area contributed by atoms with E-state index in [1.165, 1.54) is 25.6 Å². The summed E-state index contributed by atoms with van der Waals surface area (Å²) in [5.41, 5.74) is 7.07. The number of ether oxygens (including phenoxy) is 2. The molecule has 7 nitrogen and oxygen atoms in total. The van der Waals surface area contributed by atoms with Crippen LogP contribution in [0.4, 0.5) is 0 Å². The first-order valence-corrected chi connectivity index (χ1v) is 9.91. The lowest BCUT2D eigenvalue weighted by atomic mass is 10.0. The highest BCUT2D eigenvalue weighted by atomic mass is 32.2. The molecule has 27 heavy (non-hydrogen) atoms. The molecule has 0 spiro atoms. The molecule has 0 radical (unpaired) electrons. The van der Waals surface area contributed by atoms with Gasteiger partial charge in [0.2, 0.25) is 5.91 Å². The van der Waals surface area contributed by atoms with E-state index in [-0.39, 0.29) is 18.4 Å². The SMILES string of the molecule is CC(=O)OCC(CSCC(N)C(=O)NCC(C)c1ccccc1)OC(C)=O. The molecule has 3 unspecified atom stereocenters. The van der Waals surface area contributed by atoms with Crippen LogP contribution < -0.4 is 11.1 Å². The summed E-state index contributed by atoms with van der Waals surface area (Å²) >= 11 is 1.37. The lowest BCUT2D eigenvalue weighted by molar-refractivity contribution is -0.154. The number of rotatable bonds is 11. The highest BCUT2D eigenvalue weighted by Gasteiger charge is 2.18. The Bertz CT molecular complexity index is 611. The van der Waals surface area contributed by atoms with E-state index >= 15 is 0 Å². The van der Waals surface area contributed by atoms with Gasteiger partial charge in [-0.2, -0.15) is 11.8 Å². The molecule has 0 heterocycles. The molecule has 0 aliphatic heterocycles. The largest absolute Gasteiger partial charge is 0.462 e. The molecule has 1 amide bonds. The Morgan fingerprint density at radius 2 is 1.78 bits per heavy atom. The molecular formula is C19H28N2O5S. The normalized spacial score (nSPS) is 13.9. The molecule has 1 aromatic rings. The van der Waals surface area contributed by atoms with Crippen LogP contribution in [0.5, 0.6) is 0 Å². The molecule has 0 bridgehead atoms. The topological polar surface area (TPSA) is 108 Å². The van der Waals surface area contributed by atoms with Gasteiger partial charge < -0.3 is 20.5 Å². The van der Waals surface area contributed by atoms with Crippen molar-refractivity contribution >= 4 is 29.6 Å². The Morgan fingerprint density at radius 1 is 1.11 bits per heavy atom. The van der Waals surface area contributed by atoms with Gasteiger partial charge in [0.1, 0.15) is 12.7 Å². The third kappa shape index (κ3) is 10.0. The summed E-state index contributed by atoms with van der Waals surface area (Å²) in [6.45, 7) is 5.10. The number of esters is 2. The van der Waals surface area contributed by atoms with Crippen molar-refractivity contribution < 1.29 is 23.9 Å². The van der Waals surface area contributed by atoms with E-state index in [4.69, 9.17) is 15.2 Å². The average Bonchev–Trinajstić information content (AvgIpc) is 2.63. The van der Waals surface area contributed by atoms with E-state index in [9.17, 15) is 14.4 Å². The Hall–Kier alpha value is -2.06. The van der Waals surface area contributed by atoms with Crippen LogP contribution in [0.2, 0.25) is 0 Å². The molecule has 1 aromatic carbocycles. The van der Waals surface area contributed by atoms with E-state index < -0.39 is 24.1 Å². The van der Waals surface area contributed by atoms with E-state index in [2.05, 4.69) is 5.32 Å². The van der Waals surface area contributed by atoms with Crippen molar-refractivity contribution in [3.05, 3.63) is 35.9 Å². The monoisotopic (exact) mass is 396 g/mol. The van der Waals surface area contributed by atoms with Crippen molar-refractivity contribution in [1.29, 1.82) is 0 Å². The maximum Gasteiger partial charge on any atom is 0.303 e. The molecule has 0 saturated heterocycles. The predicted molar refractivity (Wildman–Crippen MR) is 105 cm³/mol. The second-order valence-electron chi connectivity index (χ2n) is 6.23. The number of thioether (sulfide) groups is 1. The zero-order valence-electron chi connectivity index (χ0n) is 16.0. The smallest absolute Gasteiger partial charge is 0.303 e. The second-order valence-corrected chi connectivity index (χ2v) is 7.31. The van der Waals surface area contributed by atoms with Crippen LogP contribution >= 0.6 is 11.8 Å². The summed E-state index contributed by atoms with van der Waals surface area (Å²) in [5, 5.41) is 2.86. The summed E-state index contributed by atoms with van der Waals surface area (Å²) in [6, 6.07) is 9.24. The van der Waals surface area contributed by atoms with Gasteiger partial charge in [-0.05, 0) is 11.5 Å². The molecule has 8 heteroatoms. The molecule has 3 N–H and O–H groups in total. The fourth-order valence-corrected chi connectivity index (χ4v) is 3.22. The first-order valence-electron chi connectivity index (χ1n) is 8.76. The fraction of sp³-hybridized carbons (Fsp3) is 0.526. The molecule has 0 aliphatic rings. The van der Waals surface area contributed by atoms with Gasteiger partial charge in [-0.1, -0.05) is 37.3 Å². The van der Waals surface area contributed by atoms with Crippen LogP contribution in [0.25, 0.3) is 0 Å². The quantitative estimate of drug-likeness (QED) is 0.545. The number of carbonyl (C=O) groups excluding carboxylic acids is 3. The summed E-state index contributed by atoms with van der Waals surface area (Å²) < 4.78 is 9.97. The van der Waals surface area contributed by atoms with Crippen LogP contribution in [0.15, 0.2) is 30.3 Å².